The minimum atomic E-state index is -0.653. The maximum atomic E-state index is 12.8. The maximum absolute atomic E-state index is 12.8. The fourth-order valence-electron chi connectivity index (χ4n) is 2.89. The van der Waals surface area contributed by atoms with Crippen molar-refractivity contribution in [3.8, 4) is 5.75 Å². The fraction of sp³-hybridized carbons (Fsp3) is 0.611. The molecule has 1 fully saturated rings. The highest BCUT2D eigenvalue weighted by Gasteiger charge is 2.40. The van der Waals surface area contributed by atoms with Crippen molar-refractivity contribution < 1.29 is 14.3 Å². The van der Waals surface area contributed by atoms with E-state index < -0.39 is 5.60 Å². The van der Waals surface area contributed by atoms with Gasteiger partial charge >= 0.3 is 0 Å². The largest absolute Gasteiger partial charge is 0.493 e. The van der Waals surface area contributed by atoms with Crippen molar-refractivity contribution in [1.29, 1.82) is 0 Å². The van der Waals surface area contributed by atoms with E-state index in [2.05, 4.69) is 28.2 Å². The average molecular weight is 384 g/mol. The monoisotopic (exact) mass is 383 g/mol. The van der Waals surface area contributed by atoms with Crippen molar-refractivity contribution in [1.82, 2.24) is 0 Å². The number of rotatable bonds is 8. The minimum Gasteiger partial charge on any atom is -0.493 e. The number of carbonyl (C=O) groups is 1. The number of carbonyl (C=O) groups excluding carboxylic acids is 1. The van der Waals surface area contributed by atoms with E-state index in [0.717, 1.165) is 48.9 Å². The Kier molecular flexibility index (Phi) is 7.37. The summed E-state index contributed by atoms with van der Waals surface area (Å²) >= 11 is 3.33. The highest BCUT2D eigenvalue weighted by Crippen LogP contribution is 2.33. The predicted octanol–water partition coefficient (Wildman–Crippen LogP) is 4.53. The van der Waals surface area contributed by atoms with Gasteiger partial charge in [0.1, 0.15) is 11.4 Å². The van der Waals surface area contributed by atoms with Crippen LogP contribution in [0.3, 0.4) is 0 Å². The molecular formula is C18H26BrNO3. The molecule has 23 heavy (non-hydrogen) atoms. The first-order valence-corrected chi connectivity index (χ1v) is 9.56. The van der Waals surface area contributed by atoms with Crippen LogP contribution in [-0.2, 0) is 9.53 Å². The zero-order chi connectivity index (χ0) is 16.5. The Hall–Kier alpha value is -1.07. The molecule has 0 heterocycles. The quantitative estimate of drug-likeness (QED) is 0.670. The molecule has 2 rings (SSSR count). The molecule has 1 amide bonds. The second-order valence-electron chi connectivity index (χ2n) is 5.92. The van der Waals surface area contributed by atoms with E-state index in [4.69, 9.17) is 9.47 Å². The van der Waals surface area contributed by atoms with Gasteiger partial charge in [-0.2, -0.15) is 0 Å². The molecular weight excluding hydrogens is 358 g/mol. The van der Waals surface area contributed by atoms with Gasteiger partial charge in [0.25, 0.3) is 5.91 Å². The summed E-state index contributed by atoms with van der Waals surface area (Å²) in [6.45, 7) is 3.33. The van der Waals surface area contributed by atoms with Crippen molar-refractivity contribution in [2.24, 2.45) is 0 Å². The number of hydrogen-bond acceptors (Lipinski definition) is 3. The number of alkyl halides is 1. The van der Waals surface area contributed by atoms with E-state index in [-0.39, 0.29) is 5.91 Å². The lowest BCUT2D eigenvalue weighted by Gasteiger charge is -2.35. The fourth-order valence-corrected chi connectivity index (χ4v) is 3.06. The third-order valence-corrected chi connectivity index (χ3v) is 4.44. The van der Waals surface area contributed by atoms with Crippen LogP contribution in [0.1, 0.15) is 45.4 Å². The summed E-state index contributed by atoms with van der Waals surface area (Å²) in [5, 5.41) is 3.81. The number of benzene rings is 1. The molecule has 1 saturated carbocycles. The van der Waals surface area contributed by atoms with Crippen LogP contribution in [0.25, 0.3) is 0 Å². The van der Waals surface area contributed by atoms with Crippen LogP contribution in [-0.4, -0.2) is 30.1 Å². The molecule has 128 valence electrons. The number of amides is 1. The molecule has 0 atom stereocenters. The molecule has 0 bridgehead atoms. The van der Waals surface area contributed by atoms with Crippen molar-refractivity contribution in [2.75, 3.05) is 23.9 Å². The predicted molar refractivity (Wildman–Crippen MR) is 96.4 cm³/mol. The highest BCUT2D eigenvalue weighted by molar-refractivity contribution is 9.09. The molecule has 4 nitrogen and oxygen atoms in total. The number of hydrogen-bond donors (Lipinski definition) is 1. The van der Waals surface area contributed by atoms with Gasteiger partial charge in [0.05, 0.1) is 6.61 Å². The molecule has 1 aliphatic rings. The molecule has 0 aromatic heterocycles. The van der Waals surface area contributed by atoms with Gasteiger partial charge in [0, 0.05) is 17.6 Å². The summed E-state index contributed by atoms with van der Waals surface area (Å²) in [7, 11) is 0. The molecule has 5 heteroatoms. The summed E-state index contributed by atoms with van der Waals surface area (Å²) < 4.78 is 11.5. The summed E-state index contributed by atoms with van der Waals surface area (Å²) in [4.78, 5) is 12.8. The van der Waals surface area contributed by atoms with E-state index >= 15 is 0 Å². The lowest BCUT2D eigenvalue weighted by molar-refractivity contribution is -0.146. The molecule has 0 saturated heterocycles. The first kappa shape index (κ1) is 18.3. The van der Waals surface area contributed by atoms with Gasteiger partial charge in [-0.1, -0.05) is 42.1 Å². The van der Waals surface area contributed by atoms with Crippen molar-refractivity contribution >= 4 is 27.5 Å². The SMILES string of the molecule is CCCOC1(C(=O)Nc2ccc(OCCBr)cc2)CCCCC1. The first-order valence-electron chi connectivity index (χ1n) is 8.44. The standard InChI is InChI=1S/C18H26BrNO3/c1-2-13-23-18(10-4-3-5-11-18)17(21)20-15-6-8-16(9-7-15)22-14-12-19/h6-9H,2-5,10-14H2,1H3,(H,20,21). The van der Waals surface area contributed by atoms with Crippen molar-refractivity contribution in [2.45, 2.75) is 51.0 Å². The van der Waals surface area contributed by atoms with E-state index in [1.807, 2.05) is 24.3 Å². The Labute approximate surface area is 147 Å². The Morgan fingerprint density at radius 1 is 1.17 bits per heavy atom. The average Bonchev–Trinajstić information content (AvgIpc) is 2.60. The molecule has 1 aromatic carbocycles. The lowest BCUT2D eigenvalue weighted by Crippen LogP contribution is -2.47. The Morgan fingerprint density at radius 2 is 1.87 bits per heavy atom. The van der Waals surface area contributed by atoms with Crippen LogP contribution < -0.4 is 10.1 Å². The second kappa shape index (κ2) is 9.28. The zero-order valence-electron chi connectivity index (χ0n) is 13.8. The first-order chi connectivity index (χ1) is 11.2. The Bertz CT molecular complexity index is 484. The third kappa shape index (κ3) is 5.21. The van der Waals surface area contributed by atoms with E-state index in [1.165, 1.54) is 6.42 Å². The molecule has 0 unspecified atom stereocenters. The Morgan fingerprint density at radius 3 is 2.48 bits per heavy atom. The number of anilines is 1. The summed E-state index contributed by atoms with van der Waals surface area (Å²) in [5.74, 6) is 0.789. The van der Waals surface area contributed by atoms with Crippen LogP contribution in [0.15, 0.2) is 24.3 Å². The van der Waals surface area contributed by atoms with Crippen LogP contribution in [0.2, 0.25) is 0 Å². The van der Waals surface area contributed by atoms with Crippen molar-refractivity contribution in [3.63, 3.8) is 0 Å². The molecule has 1 aromatic rings. The van der Waals surface area contributed by atoms with Crippen LogP contribution in [0.4, 0.5) is 5.69 Å². The highest BCUT2D eigenvalue weighted by atomic mass is 79.9. The molecule has 0 radical (unpaired) electrons. The molecule has 0 spiro atoms. The summed E-state index contributed by atoms with van der Waals surface area (Å²) in [6.07, 6.45) is 5.84. The maximum Gasteiger partial charge on any atom is 0.256 e. The Balaban J connectivity index is 2.00. The minimum absolute atomic E-state index is 0.0141. The number of ether oxygens (including phenoxy) is 2. The molecule has 1 aliphatic carbocycles. The van der Waals surface area contributed by atoms with Crippen LogP contribution in [0.5, 0.6) is 5.75 Å². The zero-order valence-corrected chi connectivity index (χ0v) is 15.4. The van der Waals surface area contributed by atoms with E-state index in [1.54, 1.807) is 0 Å². The van der Waals surface area contributed by atoms with Gasteiger partial charge in [-0.3, -0.25) is 4.79 Å². The molecule has 1 N–H and O–H groups in total. The van der Waals surface area contributed by atoms with E-state index in [9.17, 15) is 4.79 Å². The van der Waals surface area contributed by atoms with Crippen LogP contribution in [0, 0.1) is 0 Å². The van der Waals surface area contributed by atoms with E-state index in [0.29, 0.717) is 13.2 Å². The topological polar surface area (TPSA) is 47.6 Å². The van der Waals surface area contributed by atoms with Gasteiger partial charge in [-0.15, -0.1) is 0 Å². The van der Waals surface area contributed by atoms with Gasteiger partial charge in [0.2, 0.25) is 0 Å². The summed E-state index contributed by atoms with van der Waals surface area (Å²) in [6, 6.07) is 7.49. The number of nitrogens with one attached hydrogen (secondary N) is 1. The van der Waals surface area contributed by atoms with Crippen LogP contribution >= 0.6 is 15.9 Å². The van der Waals surface area contributed by atoms with Gasteiger partial charge in [0.15, 0.2) is 0 Å². The lowest BCUT2D eigenvalue weighted by atomic mass is 9.83. The van der Waals surface area contributed by atoms with Gasteiger partial charge in [-0.05, 0) is 43.5 Å². The number of halogens is 1. The second-order valence-corrected chi connectivity index (χ2v) is 6.71. The summed E-state index contributed by atoms with van der Waals surface area (Å²) in [5.41, 5.74) is 0.130. The smallest absolute Gasteiger partial charge is 0.256 e. The normalized spacial score (nSPS) is 16.8. The van der Waals surface area contributed by atoms with Gasteiger partial charge < -0.3 is 14.8 Å². The third-order valence-electron chi connectivity index (χ3n) is 4.12. The van der Waals surface area contributed by atoms with Gasteiger partial charge in [-0.25, -0.2) is 0 Å². The van der Waals surface area contributed by atoms with Crippen molar-refractivity contribution in [3.05, 3.63) is 24.3 Å². The molecule has 0 aliphatic heterocycles.